The fraction of sp³-hybridized carbons (Fsp3) is 0.923. The van der Waals surface area contributed by atoms with Crippen LogP contribution in [0.25, 0.3) is 0 Å². The highest BCUT2D eigenvalue weighted by atomic mass is 16.4. The van der Waals surface area contributed by atoms with Gasteiger partial charge in [0.05, 0.1) is 0 Å². The monoisotopic (exact) mass is 258 g/mol. The summed E-state index contributed by atoms with van der Waals surface area (Å²) in [7, 11) is 4.16. The van der Waals surface area contributed by atoms with E-state index in [1.807, 2.05) is 13.8 Å². The van der Waals surface area contributed by atoms with Crippen LogP contribution in [0, 0.1) is 5.41 Å². The molecule has 1 unspecified atom stereocenters. The Labute approximate surface area is 111 Å². The number of amidine groups is 1. The smallest absolute Gasteiger partial charge is 0.144 e. The fourth-order valence-corrected chi connectivity index (χ4v) is 1.92. The second-order valence-corrected chi connectivity index (χ2v) is 5.94. The van der Waals surface area contributed by atoms with Gasteiger partial charge in [0.25, 0.3) is 0 Å². The van der Waals surface area contributed by atoms with Crippen molar-refractivity contribution in [2.45, 2.75) is 46.1 Å². The normalized spacial score (nSPS) is 15.1. The molecule has 0 fully saturated rings. The number of nitrogens with one attached hydrogen (secondary N) is 1. The van der Waals surface area contributed by atoms with E-state index >= 15 is 0 Å². The predicted octanol–water partition coefficient (Wildman–Crippen LogP) is 1.47. The summed E-state index contributed by atoms with van der Waals surface area (Å²) >= 11 is 0. The van der Waals surface area contributed by atoms with Gasteiger partial charge in [0, 0.05) is 18.0 Å². The van der Waals surface area contributed by atoms with E-state index in [1.54, 1.807) is 0 Å². The van der Waals surface area contributed by atoms with E-state index in [0.717, 1.165) is 32.4 Å². The van der Waals surface area contributed by atoms with Crippen molar-refractivity contribution in [2.75, 3.05) is 27.2 Å². The molecular formula is C13H30N4O. The van der Waals surface area contributed by atoms with Gasteiger partial charge in [-0.1, -0.05) is 25.4 Å². The number of hydrogen-bond donors (Lipinski definition) is 3. The summed E-state index contributed by atoms with van der Waals surface area (Å²) in [6.45, 7) is 8.27. The van der Waals surface area contributed by atoms with Crippen LogP contribution in [0.3, 0.4) is 0 Å². The van der Waals surface area contributed by atoms with Crippen molar-refractivity contribution < 1.29 is 5.21 Å². The van der Waals surface area contributed by atoms with Crippen molar-refractivity contribution in [1.29, 1.82) is 0 Å². The SMILES string of the molecule is CC(CN(C)C)NCCCCC(C)(C)C(N)=NO. The third kappa shape index (κ3) is 7.50. The van der Waals surface area contributed by atoms with E-state index in [4.69, 9.17) is 10.9 Å². The number of nitrogens with zero attached hydrogens (tertiary/aromatic N) is 2. The Kier molecular flexibility index (Phi) is 7.95. The Morgan fingerprint density at radius 2 is 2.00 bits per heavy atom. The first-order valence-corrected chi connectivity index (χ1v) is 6.65. The van der Waals surface area contributed by atoms with E-state index in [-0.39, 0.29) is 5.41 Å². The molecule has 0 radical (unpaired) electrons. The summed E-state index contributed by atoms with van der Waals surface area (Å²) in [6, 6.07) is 0.511. The fourth-order valence-electron chi connectivity index (χ4n) is 1.92. The number of nitrogens with two attached hydrogens (primary N) is 1. The molecule has 0 saturated heterocycles. The summed E-state index contributed by atoms with van der Waals surface area (Å²) in [5, 5.41) is 15.3. The number of hydrogen-bond acceptors (Lipinski definition) is 4. The Hall–Kier alpha value is -0.810. The first-order valence-electron chi connectivity index (χ1n) is 6.65. The van der Waals surface area contributed by atoms with Crippen molar-refractivity contribution >= 4 is 5.84 Å². The molecule has 0 aliphatic heterocycles. The molecule has 4 N–H and O–H groups in total. The minimum atomic E-state index is -0.218. The molecule has 1 atom stereocenters. The maximum atomic E-state index is 8.68. The highest BCUT2D eigenvalue weighted by Crippen LogP contribution is 2.23. The molecule has 18 heavy (non-hydrogen) atoms. The Bertz CT molecular complexity index is 251. The van der Waals surface area contributed by atoms with Crippen molar-refractivity contribution in [2.24, 2.45) is 16.3 Å². The van der Waals surface area contributed by atoms with Gasteiger partial charge in [0.2, 0.25) is 0 Å². The molecule has 108 valence electrons. The van der Waals surface area contributed by atoms with Crippen molar-refractivity contribution in [3.8, 4) is 0 Å². The van der Waals surface area contributed by atoms with Gasteiger partial charge in [-0.25, -0.2) is 0 Å². The highest BCUT2D eigenvalue weighted by molar-refractivity contribution is 5.85. The summed E-state index contributed by atoms with van der Waals surface area (Å²) in [6.07, 6.45) is 3.12. The lowest BCUT2D eigenvalue weighted by atomic mass is 9.86. The molecule has 0 heterocycles. The maximum absolute atomic E-state index is 8.68. The number of oxime groups is 1. The number of rotatable bonds is 9. The van der Waals surface area contributed by atoms with Crippen LogP contribution in [0.15, 0.2) is 5.16 Å². The predicted molar refractivity (Wildman–Crippen MR) is 77.1 cm³/mol. The van der Waals surface area contributed by atoms with E-state index in [0.29, 0.717) is 11.9 Å². The van der Waals surface area contributed by atoms with Crippen LogP contribution in [-0.4, -0.2) is 49.2 Å². The van der Waals surface area contributed by atoms with Gasteiger partial charge in [-0.2, -0.15) is 0 Å². The van der Waals surface area contributed by atoms with Gasteiger partial charge >= 0.3 is 0 Å². The zero-order valence-corrected chi connectivity index (χ0v) is 12.5. The lowest BCUT2D eigenvalue weighted by molar-refractivity contribution is 0.303. The minimum absolute atomic E-state index is 0.218. The molecule has 0 aliphatic rings. The average Bonchev–Trinajstić information content (AvgIpc) is 2.26. The van der Waals surface area contributed by atoms with Crippen molar-refractivity contribution in [1.82, 2.24) is 10.2 Å². The molecule has 0 aromatic rings. The quantitative estimate of drug-likeness (QED) is 0.192. The summed E-state index contributed by atoms with van der Waals surface area (Å²) in [4.78, 5) is 2.18. The van der Waals surface area contributed by atoms with Crippen LogP contribution < -0.4 is 11.1 Å². The van der Waals surface area contributed by atoms with E-state index in [2.05, 4.69) is 36.4 Å². The Morgan fingerprint density at radius 3 is 2.50 bits per heavy atom. The number of likely N-dealkylation sites (N-methyl/N-ethyl adjacent to an activating group) is 1. The second-order valence-electron chi connectivity index (χ2n) is 5.94. The minimum Gasteiger partial charge on any atom is -0.409 e. The van der Waals surface area contributed by atoms with E-state index in [9.17, 15) is 0 Å². The molecule has 0 bridgehead atoms. The van der Waals surface area contributed by atoms with Gasteiger partial charge in [0.15, 0.2) is 0 Å². The zero-order chi connectivity index (χ0) is 14.2. The molecule has 0 aromatic heterocycles. The number of unbranched alkanes of at least 4 members (excludes halogenated alkanes) is 1. The van der Waals surface area contributed by atoms with Crippen LogP contribution in [-0.2, 0) is 0 Å². The average molecular weight is 258 g/mol. The first kappa shape index (κ1) is 17.2. The van der Waals surface area contributed by atoms with Crippen LogP contribution in [0.5, 0.6) is 0 Å². The van der Waals surface area contributed by atoms with Gasteiger partial charge in [-0.15, -0.1) is 0 Å². The van der Waals surface area contributed by atoms with Crippen molar-refractivity contribution in [3.05, 3.63) is 0 Å². The van der Waals surface area contributed by atoms with Crippen LogP contribution in [0.4, 0.5) is 0 Å². The third-order valence-electron chi connectivity index (χ3n) is 3.16. The standard InChI is InChI=1S/C13H30N4O/c1-11(10-17(4)5)15-9-7-6-8-13(2,3)12(14)16-18/h11,15,18H,6-10H2,1-5H3,(H2,14,16). The summed E-state index contributed by atoms with van der Waals surface area (Å²) in [5.74, 6) is 0.316. The van der Waals surface area contributed by atoms with Gasteiger partial charge in [-0.3, -0.25) is 0 Å². The molecule has 0 aromatic carbocycles. The largest absolute Gasteiger partial charge is 0.409 e. The van der Waals surface area contributed by atoms with Crippen molar-refractivity contribution in [3.63, 3.8) is 0 Å². The van der Waals surface area contributed by atoms with Gasteiger partial charge in [0.1, 0.15) is 5.84 Å². The van der Waals surface area contributed by atoms with Crippen LogP contribution in [0.2, 0.25) is 0 Å². The summed E-state index contributed by atoms with van der Waals surface area (Å²) < 4.78 is 0. The van der Waals surface area contributed by atoms with Crippen LogP contribution in [0.1, 0.15) is 40.0 Å². The topological polar surface area (TPSA) is 73.9 Å². The molecule has 5 heteroatoms. The zero-order valence-electron chi connectivity index (χ0n) is 12.5. The molecule has 0 amide bonds. The molecule has 0 aliphatic carbocycles. The van der Waals surface area contributed by atoms with E-state index in [1.165, 1.54) is 0 Å². The molecule has 5 nitrogen and oxygen atoms in total. The first-order chi connectivity index (χ1) is 8.29. The third-order valence-corrected chi connectivity index (χ3v) is 3.16. The summed E-state index contributed by atoms with van der Waals surface area (Å²) in [5.41, 5.74) is 5.43. The Morgan fingerprint density at radius 1 is 1.39 bits per heavy atom. The lowest BCUT2D eigenvalue weighted by Gasteiger charge is -2.23. The Balaban J connectivity index is 3.69. The molecular weight excluding hydrogens is 228 g/mol. The maximum Gasteiger partial charge on any atom is 0.144 e. The molecule has 0 spiro atoms. The van der Waals surface area contributed by atoms with Gasteiger partial charge in [-0.05, 0) is 40.4 Å². The van der Waals surface area contributed by atoms with E-state index < -0.39 is 0 Å². The van der Waals surface area contributed by atoms with Gasteiger partial charge < -0.3 is 21.2 Å². The highest BCUT2D eigenvalue weighted by Gasteiger charge is 2.22. The molecule has 0 saturated carbocycles. The second kappa shape index (κ2) is 8.32. The molecule has 0 rings (SSSR count). The lowest BCUT2D eigenvalue weighted by Crippen LogP contribution is -2.36. The van der Waals surface area contributed by atoms with Crippen LogP contribution >= 0.6 is 0 Å².